The Balaban J connectivity index is 3.56. The van der Waals surface area contributed by atoms with Crippen LogP contribution < -0.4 is 5.32 Å². The zero-order chi connectivity index (χ0) is 14.0. The van der Waals surface area contributed by atoms with Crippen LogP contribution in [0.1, 0.15) is 34.1 Å². The number of rotatable bonds is 7. The summed E-state index contributed by atoms with van der Waals surface area (Å²) in [6, 6.07) is 0. The van der Waals surface area contributed by atoms with Crippen molar-refractivity contribution in [2.75, 3.05) is 19.8 Å². The number of carbonyl (C=O) groups is 1. The van der Waals surface area contributed by atoms with Crippen molar-refractivity contribution >= 4 is 5.91 Å². The maximum Gasteiger partial charge on any atom is 0.222 e. The summed E-state index contributed by atoms with van der Waals surface area (Å²) in [6.07, 6.45) is 0.746. The van der Waals surface area contributed by atoms with Crippen LogP contribution in [0.25, 0.3) is 0 Å². The molecule has 0 aromatic carbocycles. The summed E-state index contributed by atoms with van der Waals surface area (Å²) >= 11 is 0. The monoisotopic (exact) mass is 251 g/mol. The van der Waals surface area contributed by atoms with E-state index in [9.17, 15) is 4.79 Å². The van der Waals surface area contributed by atoms with Crippen LogP contribution in [0.5, 0.6) is 0 Å². The van der Waals surface area contributed by atoms with Gasteiger partial charge >= 0.3 is 0 Å². The third-order valence-electron chi connectivity index (χ3n) is 2.17. The molecule has 0 unspecified atom stereocenters. The van der Waals surface area contributed by atoms with Gasteiger partial charge in [-0.2, -0.15) is 0 Å². The SMILES string of the molecule is C=C(CCNC(=O)C(C)C)COCC#CC(C)C. The van der Waals surface area contributed by atoms with Gasteiger partial charge in [0.2, 0.25) is 5.91 Å². The van der Waals surface area contributed by atoms with E-state index in [1.165, 1.54) is 0 Å². The Morgan fingerprint density at radius 3 is 2.56 bits per heavy atom. The topological polar surface area (TPSA) is 38.3 Å². The molecule has 1 N–H and O–H groups in total. The van der Waals surface area contributed by atoms with E-state index in [0.29, 0.717) is 25.7 Å². The first kappa shape index (κ1) is 16.7. The predicted molar refractivity (Wildman–Crippen MR) is 75.0 cm³/mol. The van der Waals surface area contributed by atoms with E-state index in [2.05, 4.69) is 23.7 Å². The van der Waals surface area contributed by atoms with Crippen molar-refractivity contribution in [3.05, 3.63) is 12.2 Å². The highest BCUT2D eigenvalue weighted by atomic mass is 16.5. The molecule has 0 aromatic heterocycles. The molecule has 3 nitrogen and oxygen atoms in total. The smallest absolute Gasteiger partial charge is 0.222 e. The molecule has 0 aromatic rings. The first-order valence-corrected chi connectivity index (χ1v) is 6.44. The van der Waals surface area contributed by atoms with Crippen molar-refractivity contribution in [3.63, 3.8) is 0 Å². The molecule has 0 rings (SSSR count). The van der Waals surface area contributed by atoms with Crippen molar-refractivity contribution in [2.24, 2.45) is 11.8 Å². The average Bonchev–Trinajstić information content (AvgIpc) is 2.27. The lowest BCUT2D eigenvalue weighted by Crippen LogP contribution is -2.28. The van der Waals surface area contributed by atoms with E-state index < -0.39 is 0 Å². The third-order valence-corrected chi connectivity index (χ3v) is 2.17. The van der Waals surface area contributed by atoms with E-state index in [-0.39, 0.29) is 11.8 Å². The molecule has 0 fully saturated rings. The highest BCUT2D eigenvalue weighted by molar-refractivity contribution is 5.77. The lowest BCUT2D eigenvalue weighted by molar-refractivity contribution is -0.123. The molecule has 0 heterocycles. The number of nitrogens with one attached hydrogen (secondary N) is 1. The third kappa shape index (κ3) is 9.92. The minimum atomic E-state index is 0.0285. The standard InChI is InChI=1S/C15H25NO2/c1-12(2)7-6-10-18-11-14(5)8-9-16-15(17)13(3)4/h12-13H,5,8-11H2,1-4H3,(H,16,17). The van der Waals surface area contributed by atoms with Gasteiger partial charge in [-0.1, -0.05) is 51.7 Å². The van der Waals surface area contributed by atoms with Gasteiger partial charge in [-0.05, 0) is 6.42 Å². The summed E-state index contributed by atoms with van der Waals surface area (Å²) in [4.78, 5) is 11.3. The number of ether oxygens (including phenoxy) is 1. The number of hydrogen-bond acceptors (Lipinski definition) is 2. The Bertz CT molecular complexity index is 321. The zero-order valence-electron chi connectivity index (χ0n) is 12.0. The molecule has 0 saturated carbocycles. The maximum absolute atomic E-state index is 11.3. The van der Waals surface area contributed by atoms with Crippen LogP contribution in [0.3, 0.4) is 0 Å². The Hall–Kier alpha value is -1.27. The molecule has 0 atom stereocenters. The van der Waals surface area contributed by atoms with E-state index in [1.807, 2.05) is 27.7 Å². The normalized spacial score (nSPS) is 10.1. The Kier molecular flexibility index (Phi) is 9.04. The van der Waals surface area contributed by atoms with Crippen LogP contribution in [-0.4, -0.2) is 25.7 Å². The molecule has 1 amide bonds. The van der Waals surface area contributed by atoms with Gasteiger partial charge in [0.1, 0.15) is 6.61 Å². The van der Waals surface area contributed by atoms with Gasteiger partial charge in [-0.3, -0.25) is 4.79 Å². The van der Waals surface area contributed by atoms with Crippen molar-refractivity contribution < 1.29 is 9.53 Å². The lowest BCUT2D eigenvalue weighted by atomic mass is 10.2. The highest BCUT2D eigenvalue weighted by Crippen LogP contribution is 1.98. The fourth-order valence-corrected chi connectivity index (χ4v) is 1.13. The Morgan fingerprint density at radius 2 is 2.00 bits per heavy atom. The van der Waals surface area contributed by atoms with E-state index in [0.717, 1.165) is 12.0 Å². The molecular formula is C15H25NO2. The minimum absolute atomic E-state index is 0.0285. The maximum atomic E-state index is 11.3. The molecule has 0 aliphatic rings. The molecule has 0 aliphatic carbocycles. The quantitative estimate of drug-likeness (QED) is 0.428. The lowest BCUT2D eigenvalue weighted by Gasteiger charge is -2.09. The van der Waals surface area contributed by atoms with Crippen LogP contribution in [0.2, 0.25) is 0 Å². The molecule has 0 saturated heterocycles. The van der Waals surface area contributed by atoms with Gasteiger partial charge < -0.3 is 10.1 Å². The second kappa shape index (κ2) is 9.73. The molecule has 102 valence electrons. The summed E-state index contributed by atoms with van der Waals surface area (Å²) in [6.45, 7) is 13.3. The summed E-state index contributed by atoms with van der Waals surface area (Å²) in [7, 11) is 0. The summed E-state index contributed by atoms with van der Waals surface area (Å²) < 4.78 is 5.36. The molecule has 18 heavy (non-hydrogen) atoms. The molecule has 0 spiro atoms. The van der Waals surface area contributed by atoms with Gasteiger partial charge in [0.15, 0.2) is 0 Å². The van der Waals surface area contributed by atoms with E-state index in [1.54, 1.807) is 0 Å². The van der Waals surface area contributed by atoms with Gasteiger partial charge in [0.25, 0.3) is 0 Å². The Morgan fingerprint density at radius 1 is 1.33 bits per heavy atom. The molecule has 0 aliphatic heterocycles. The molecular weight excluding hydrogens is 226 g/mol. The van der Waals surface area contributed by atoms with Crippen molar-refractivity contribution in [1.82, 2.24) is 5.32 Å². The summed E-state index contributed by atoms with van der Waals surface area (Å²) in [5.41, 5.74) is 0.977. The summed E-state index contributed by atoms with van der Waals surface area (Å²) in [5, 5.41) is 2.85. The number of carbonyl (C=O) groups excluding carboxylic acids is 1. The van der Waals surface area contributed by atoms with Crippen LogP contribution in [-0.2, 0) is 9.53 Å². The first-order chi connectivity index (χ1) is 8.43. The van der Waals surface area contributed by atoms with E-state index >= 15 is 0 Å². The molecule has 3 heteroatoms. The first-order valence-electron chi connectivity index (χ1n) is 6.44. The van der Waals surface area contributed by atoms with Crippen LogP contribution in [0.4, 0.5) is 0 Å². The second-order valence-corrected chi connectivity index (χ2v) is 4.91. The fourth-order valence-electron chi connectivity index (χ4n) is 1.13. The largest absolute Gasteiger partial charge is 0.364 e. The van der Waals surface area contributed by atoms with Crippen LogP contribution in [0.15, 0.2) is 12.2 Å². The van der Waals surface area contributed by atoms with Crippen LogP contribution in [0, 0.1) is 23.7 Å². The van der Waals surface area contributed by atoms with Crippen LogP contribution >= 0.6 is 0 Å². The number of amides is 1. The zero-order valence-corrected chi connectivity index (χ0v) is 12.0. The van der Waals surface area contributed by atoms with Crippen molar-refractivity contribution in [2.45, 2.75) is 34.1 Å². The minimum Gasteiger partial charge on any atom is -0.364 e. The number of hydrogen-bond donors (Lipinski definition) is 1. The van der Waals surface area contributed by atoms with Crippen molar-refractivity contribution in [1.29, 1.82) is 0 Å². The van der Waals surface area contributed by atoms with E-state index in [4.69, 9.17) is 4.74 Å². The highest BCUT2D eigenvalue weighted by Gasteiger charge is 2.05. The fraction of sp³-hybridized carbons (Fsp3) is 0.667. The van der Waals surface area contributed by atoms with Gasteiger partial charge in [0.05, 0.1) is 6.61 Å². The molecule has 0 radical (unpaired) electrons. The second-order valence-electron chi connectivity index (χ2n) is 4.91. The van der Waals surface area contributed by atoms with Gasteiger partial charge in [0, 0.05) is 18.4 Å². The van der Waals surface area contributed by atoms with Gasteiger partial charge in [-0.25, -0.2) is 0 Å². The van der Waals surface area contributed by atoms with Crippen molar-refractivity contribution in [3.8, 4) is 11.8 Å². The van der Waals surface area contributed by atoms with Gasteiger partial charge in [-0.15, -0.1) is 0 Å². The molecule has 0 bridgehead atoms. The average molecular weight is 251 g/mol. The summed E-state index contributed by atoms with van der Waals surface area (Å²) in [5.74, 6) is 6.46. The predicted octanol–water partition coefficient (Wildman–Crippen LogP) is 2.38. The Labute approximate surface area is 111 Å².